The fourth-order valence-corrected chi connectivity index (χ4v) is 4.05. The second-order valence-corrected chi connectivity index (χ2v) is 7.68. The highest BCUT2D eigenvalue weighted by molar-refractivity contribution is 5.83. The van der Waals surface area contributed by atoms with Crippen molar-refractivity contribution in [3.8, 4) is 0 Å². The number of carbonyl (C=O) groups is 1. The van der Waals surface area contributed by atoms with Gasteiger partial charge >= 0.3 is 0 Å². The molecule has 2 fully saturated rings. The Balaban J connectivity index is 1.24. The molecular formula is C21H25FN4O. The number of anilines is 1. The molecule has 2 heterocycles. The Bertz CT molecular complexity index is 802. The molecule has 0 radical (unpaired) electrons. The van der Waals surface area contributed by atoms with Crippen LogP contribution in [0.25, 0.3) is 0 Å². The number of rotatable bonds is 5. The van der Waals surface area contributed by atoms with Gasteiger partial charge in [0.1, 0.15) is 0 Å². The average molecular weight is 368 g/mol. The highest BCUT2D eigenvalue weighted by Gasteiger charge is 2.46. The Morgan fingerprint density at radius 3 is 2.63 bits per heavy atom. The van der Waals surface area contributed by atoms with Crippen LogP contribution in [0.5, 0.6) is 0 Å². The van der Waals surface area contributed by atoms with Crippen LogP contribution in [0, 0.1) is 24.6 Å². The van der Waals surface area contributed by atoms with Crippen molar-refractivity contribution in [1.82, 2.24) is 14.9 Å². The number of hydrogen-bond acceptors (Lipinski definition) is 4. The summed E-state index contributed by atoms with van der Waals surface area (Å²) in [5.74, 6) is 1.37. The Morgan fingerprint density at radius 2 is 1.93 bits per heavy atom. The molecule has 2 atom stereocenters. The lowest BCUT2D eigenvalue weighted by Crippen LogP contribution is -2.40. The van der Waals surface area contributed by atoms with Gasteiger partial charge in [-0.15, -0.1) is 0 Å². The van der Waals surface area contributed by atoms with Crippen LogP contribution in [-0.4, -0.2) is 40.4 Å². The smallest absolute Gasteiger partial charge is 0.226 e. The predicted molar refractivity (Wildman–Crippen MR) is 102 cm³/mol. The fraction of sp³-hybridized carbons (Fsp3) is 0.476. The van der Waals surface area contributed by atoms with E-state index in [1.165, 1.54) is 11.1 Å². The van der Waals surface area contributed by atoms with E-state index in [2.05, 4.69) is 40.4 Å². The molecular weight excluding hydrogens is 343 g/mol. The summed E-state index contributed by atoms with van der Waals surface area (Å²) >= 11 is 0. The lowest BCUT2D eigenvalue weighted by atomic mass is 9.96. The van der Waals surface area contributed by atoms with Gasteiger partial charge in [-0.1, -0.05) is 24.3 Å². The quantitative estimate of drug-likeness (QED) is 0.879. The number of aryl methyl sites for hydroxylation is 1. The zero-order valence-electron chi connectivity index (χ0n) is 15.6. The molecule has 2 aromatic rings. The van der Waals surface area contributed by atoms with E-state index in [-0.39, 0.29) is 5.92 Å². The third-order valence-corrected chi connectivity index (χ3v) is 5.79. The molecule has 1 aromatic carbocycles. The second-order valence-electron chi connectivity index (χ2n) is 7.68. The summed E-state index contributed by atoms with van der Waals surface area (Å²) in [6.07, 6.45) is 5.25. The maximum atomic E-state index is 12.8. The Labute approximate surface area is 159 Å². The molecule has 1 amide bonds. The van der Waals surface area contributed by atoms with E-state index >= 15 is 0 Å². The summed E-state index contributed by atoms with van der Waals surface area (Å²) in [6, 6.07) is 8.39. The molecule has 4 rings (SSSR count). The number of piperidine rings is 1. The van der Waals surface area contributed by atoms with Crippen LogP contribution in [-0.2, 0) is 4.79 Å². The van der Waals surface area contributed by atoms with Crippen molar-refractivity contribution >= 4 is 11.9 Å². The standard InChI is InChI=1S/C21H25FN4O/c1-14-4-2-3-5-17(14)18-10-19(18)20(27)26-8-6-15(7-9-26)11-23-21-24-12-16(22)13-25-21/h2-5,12-13,15,18-19H,6-11H2,1H3,(H,23,24,25). The molecule has 1 aliphatic heterocycles. The molecule has 6 heteroatoms. The zero-order valence-corrected chi connectivity index (χ0v) is 15.6. The lowest BCUT2D eigenvalue weighted by Gasteiger charge is -2.32. The molecule has 0 bridgehead atoms. The maximum absolute atomic E-state index is 12.8. The molecule has 1 aliphatic carbocycles. The molecule has 0 spiro atoms. The van der Waals surface area contributed by atoms with Gasteiger partial charge in [0.05, 0.1) is 12.4 Å². The molecule has 2 unspecified atom stereocenters. The SMILES string of the molecule is Cc1ccccc1C1CC1C(=O)N1CCC(CNc2ncc(F)cn2)CC1. The summed E-state index contributed by atoms with van der Waals surface area (Å²) < 4.78 is 12.8. The maximum Gasteiger partial charge on any atom is 0.226 e. The first kappa shape index (κ1) is 17.9. The number of carbonyl (C=O) groups excluding carboxylic acids is 1. The Kier molecular flexibility index (Phi) is 5.05. The molecule has 1 aromatic heterocycles. The number of nitrogens with zero attached hydrogens (tertiary/aromatic N) is 3. The van der Waals surface area contributed by atoms with Crippen molar-refractivity contribution in [2.45, 2.75) is 32.1 Å². The second kappa shape index (κ2) is 7.62. The number of nitrogens with one attached hydrogen (secondary N) is 1. The van der Waals surface area contributed by atoms with Crippen LogP contribution in [0.4, 0.5) is 10.3 Å². The minimum atomic E-state index is -0.434. The molecule has 1 saturated heterocycles. The van der Waals surface area contributed by atoms with Gasteiger partial charge < -0.3 is 10.2 Å². The molecule has 5 nitrogen and oxygen atoms in total. The van der Waals surface area contributed by atoms with Crippen molar-refractivity contribution in [2.75, 3.05) is 25.0 Å². The largest absolute Gasteiger partial charge is 0.354 e. The van der Waals surface area contributed by atoms with Gasteiger partial charge in [0.15, 0.2) is 5.82 Å². The van der Waals surface area contributed by atoms with Crippen molar-refractivity contribution < 1.29 is 9.18 Å². The predicted octanol–water partition coefficient (Wildman–Crippen LogP) is 3.38. The third kappa shape index (κ3) is 4.10. The van der Waals surface area contributed by atoms with Crippen molar-refractivity contribution in [2.24, 2.45) is 11.8 Å². The molecule has 1 N–H and O–H groups in total. The molecule has 2 aliphatic rings. The number of likely N-dealkylation sites (tertiary alicyclic amines) is 1. The van der Waals surface area contributed by atoms with Gasteiger partial charge in [-0.25, -0.2) is 14.4 Å². The monoisotopic (exact) mass is 368 g/mol. The van der Waals surface area contributed by atoms with Crippen LogP contribution in [0.1, 0.15) is 36.3 Å². The highest BCUT2D eigenvalue weighted by atomic mass is 19.1. The normalized spacial score (nSPS) is 22.5. The van der Waals surface area contributed by atoms with E-state index in [0.717, 1.165) is 51.3 Å². The van der Waals surface area contributed by atoms with Gasteiger partial charge in [0.2, 0.25) is 11.9 Å². The van der Waals surface area contributed by atoms with Crippen LogP contribution < -0.4 is 5.32 Å². The Morgan fingerprint density at radius 1 is 1.22 bits per heavy atom. The first-order chi connectivity index (χ1) is 13.1. The molecule has 1 saturated carbocycles. The van der Waals surface area contributed by atoms with Crippen molar-refractivity contribution in [1.29, 1.82) is 0 Å². The first-order valence-electron chi connectivity index (χ1n) is 9.67. The van der Waals surface area contributed by atoms with E-state index < -0.39 is 5.82 Å². The minimum Gasteiger partial charge on any atom is -0.354 e. The lowest BCUT2D eigenvalue weighted by molar-refractivity contribution is -0.134. The number of amides is 1. The van der Waals surface area contributed by atoms with E-state index in [0.29, 0.717) is 23.7 Å². The number of aromatic nitrogens is 2. The Hall–Kier alpha value is -2.50. The van der Waals surface area contributed by atoms with Crippen LogP contribution in [0.3, 0.4) is 0 Å². The van der Waals surface area contributed by atoms with Gasteiger partial charge in [-0.05, 0) is 49.1 Å². The third-order valence-electron chi connectivity index (χ3n) is 5.79. The van der Waals surface area contributed by atoms with E-state index in [1.807, 2.05) is 11.0 Å². The van der Waals surface area contributed by atoms with E-state index in [1.54, 1.807) is 0 Å². The minimum absolute atomic E-state index is 0.161. The number of benzene rings is 1. The summed E-state index contributed by atoms with van der Waals surface area (Å²) in [4.78, 5) is 22.7. The number of hydrogen-bond donors (Lipinski definition) is 1. The summed E-state index contributed by atoms with van der Waals surface area (Å²) in [5.41, 5.74) is 2.61. The van der Waals surface area contributed by atoms with Crippen LogP contribution in [0.2, 0.25) is 0 Å². The van der Waals surface area contributed by atoms with Gasteiger partial charge in [-0.3, -0.25) is 4.79 Å². The van der Waals surface area contributed by atoms with Crippen LogP contribution in [0.15, 0.2) is 36.7 Å². The van der Waals surface area contributed by atoms with Crippen molar-refractivity contribution in [3.05, 3.63) is 53.6 Å². The fourth-order valence-electron chi connectivity index (χ4n) is 4.05. The highest BCUT2D eigenvalue weighted by Crippen LogP contribution is 2.49. The summed E-state index contributed by atoms with van der Waals surface area (Å²) in [5, 5.41) is 3.16. The molecule has 27 heavy (non-hydrogen) atoms. The van der Waals surface area contributed by atoms with Gasteiger partial charge in [0, 0.05) is 25.6 Å². The topological polar surface area (TPSA) is 58.1 Å². The average Bonchev–Trinajstić information content (AvgIpc) is 3.48. The summed E-state index contributed by atoms with van der Waals surface area (Å²) in [7, 11) is 0. The van der Waals surface area contributed by atoms with Gasteiger partial charge in [0.25, 0.3) is 0 Å². The summed E-state index contributed by atoms with van der Waals surface area (Å²) in [6.45, 7) is 4.50. The van der Waals surface area contributed by atoms with Gasteiger partial charge in [-0.2, -0.15) is 0 Å². The van der Waals surface area contributed by atoms with Crippen molar-refractivity contribution in [3.63, 3.8) is 0 Å². The van der Waals surface area contributed by atoms with Crippen LogP contribution >= 0.6 is 0 Å². The number of halogens is 1. The molecule has 142 valence electrons. The van der Waals surface area contributed by atoms with E-state index in [9.17, 15) is 9.18 Å². The van der Waals surface area contributed by atoms with E-state index in [4.69, 9.17) is 0 Å². The zero-order chi connectivity index (χ0) is 18.8. The first-order valence-corrected chi connectivity index (χ1v) is 9.67.